The topological polar surface area (TPSA) is 91.8 Å². The molecule has 198 valence electrons. The normalized spacial score (nSPS) is 24.8. The quantitative estimate of drug-likeness (QED) is 0.545. The van der Waals surface area contributed by atoms with Crippen molar-refractivity contribution in [3.63, 3.8) is 0 Å². The Morgan fingerprint density at radius 2 is 2.00 bits per heavy atom. The van der Waals surface area contributed by atoms with Gasteiger partial charge < -0.3 is 15.6 Å². The van der Waals surface area contributed by atoms with Crippen molar-refractivity contribution in [1.82, 2.24) is 19.4 Å². The number of primary amides is 1. The first-order chi connectivity index (χ1) is 17.6. The SMILES string of the molecule is NC(=O)CN1CCC2(CC1)CC2n1cc(F)c2c1NC=NC2N(Cc1ccc(C(F)(F)F)nc1)C1CC1. The first-order valence-electron chi connectivity index (χ1n) is 12.6. The van der Waals surface area contributed by atoms with Crippen LogP contribution in [-0.2, 0) is 17.5 Å². The molecule has 2 aliphatic carbocycles. The molecule has 6 rings (SSSR count). The van der Waals surface area contributed by atoms with Gasteiger partial charge in [-0.3, -0.25) is 24.6 Å². The molecule has 1 spiro atoms. The average Bonchev–Trinajstić information content (AvgIpc) is 3.78. The Balaban J connectivity index is 1.21. The Bertz CT molecular complexity index is 1210. The number of alkyl halides is 3. The Morgan fingerprint density at radius 1 is 1.24 bits per heavy atom. The van der Waals surface area contributed by atoms with Gasteiger partial charge in [-0.1, -0.05) is 6.07 Å². The molecule has 2 aromatic heterocycles. The van der Waals surface area contributed by atoms with Crippen molar-refractivity contribution in [3.8, 4) is 0 Å². The number of carbonyl (C=O) groups excluding carboxylic acids is 1. The van der Waals surface area contributed by atoms with Gasteiger partial charge in [-0.05, 0) is 62.2 Å². The van der Waals surface area contributed by atoms with Crippen molar-refractivity contribution in [2.24, 2.45) is 16.1 Å². The molecule has 4 aliphatic rings. The molecular weight excluding hydrogens is 490 g/mol. The number of hydrogen-bond acceptors (Lipinski definition) is 6. The highest BCUT2D eigenvalue weighted by Gasteiger charge is 2.57. The van der Waals surface area contributed by atoms with Crippen LogP contribution in [0.5, 0.6) is 0 Å². The Morgan fingerprint density at radius 3 is 2.62 bits per heavy atom. The maximum Gasteiger partial charge on any atom is 0.433 e. The van der Waals surface area contributed by atoms with Crippen molar-refractivity contribution in [2.75, 3.05) is 25.0 Å². The number of pyridine rings is 1. The summed E-state index contributed by atoms with van der Waals surface area (Å²) in [5, 5.41) is 3.16. The number of hydrogen-bond donors (Lipinski definition) is 2. The standard InChI is InChI=1S/C25H29F4N7O/c26-17-12-36(19-9-24(19)5-7-34(8-6-24)13-20(30)37)23-21(17)22(32-14-33-23)35(16-2-3-16)11-15-1-4-18(31-10-15)25(27,28)29/h1,4,10,12,14,16,19,22H,2-3,5-9,11,13H2,(H2,30,37)(H,32,33). The molecule has 8 nitrogen and oxygen atoms in total. The van der Waals surface area contributed by atoms with Gasteiger partial charge in [0.25, 0.3) is 0 Å². The maximum absolute atomic E-state index is 15.5. The number of rotatable bonds is 7. The number of amides is 1. The summed E-state index contributed by atoms with van der Waals surface area (Å²) in [5.74, 6) is 0.0237. The van der Waals surface area contributed by atoms with E-state index in [0.717, 1.165) is 51.3 Å². The number of anilines is 1. The van der Waals surface area contributed by atoms with Gasteiger partial charge in [-0.2, -0.15) is 13.2 Å². The summed E-state index contributed by atoms with van der Waals surface area (Å²) >= 11 is 0. The van der Waals surface area contributed by atoms with Crippen molar-refractivity contribution in [1.29, 1.82) is 0 Å². The van der Waals surface area contributed by atoms with Crippen LogP contribution >= 0.6 is 0 Å². The van der Waals surface area contributed by atoms with Crippen LogP contribution in [0.3, 0.4) is 0 Å². The summed E-state index contributed by atoms with van der Waals surface area (Å²) in [6.45, 7) is 2.17. The van der Waals surface area contributed by atoms with E-state index in [0.29, 0.717) is 23.5 Å². The van der Waals surface area contributed by atoms with Gasteiger partial charge in [-0.15, -0.1) is 0 Å². The lowest BCUT2D eigenvalue weighted by Crippen LogP contribution is -2.40. The summed E-state index contributed by atoms with van der Waals surface area (Å²) in [4.78, 5) is 23.5. The molecule has 2 aromatic rings. The minimum Gasteiger partial charge on any atom is -0.369 e. The lowest BCUT2D eigenvalue weighted by atomic mass is 9.92. The van der Waals surface area contributed by atoms with Crippen LogP contribution in [-0.4, -0.2) is 57.3 Å². The van der Waals surface area contributed by atoms with Crippen molar-refractivity contribution < 1.29 is 22.4 Å². The van der Waals surface area contributed by atoms with Crippen LogP contribution in [0.2, 0.25) is 0 Å². The molecule has 1 amide bonds. The Kier molecular flexibility index (Phi) is 5.79. The molecule has 2 atom stereocenters. The van der Waals surface area contributed by atoms with E-state index in [1.165, 1.54) is 12.3 Å². The highest BCUT2D eigenvalue weighted by Crippen LogP contribution is 2.64. The molecule has 4 heterocycles. The number of likely N-dealkylation sites (tertiary alicyclic amines) is 1. The number of aliphatic imine (C=N–C) groups is 1. The molecule has 12 heteroatoms. The summed E-state index contributed by atoms with van der Waals surface area (Å²) < 4.78 is 56.3. The summed E-state index contributed by atoms with van der Waals surface area (Å²) in [6, 6.07) is 2.75. The van der Waals surface area contributed by atoms with Crippen molar-refractivity contribution in [2.45, 2.75) is 63.1 Å². The van der Waals surface area contributed by atoms with E-state index in [4.69, 9.17) is 5.73 Å². The average molecular weight is 520 g/mol. The number of piperidine rings is 1. The van der Waals surface area contributed by atoms with E-state index in [2.05, 4.69) is 25.1 Å². The number of nitrogens with two attached hydrogens (primary N) is 1. The van der Waals surface area contributed by atoms with Crippen LogP contribution in [0.15, 0.2) is 29.5 Å². The van der Waals surface area contributed by atoms with Gasteiger partial charge in [0, 0.05) is 31.0 Å². The summed E-state index contributed by atoms with van der Waals surface area (Å²) in [5.41, 5.74) is 5.59. The first-order valence-corrected chi connectivity index (χ1v) is 12.6. The third-order valence-corrected chi connectivity index (χ3v) is 8.22. The zero-order valence-electron chi connectivity index (χ0n) is 20.2. The Labute approximate surface area is 211 Å². The number of fused-ring (bicyclic) bond motifs is 1. The minimum absolute atomic E-state index is 0.0845. The molecule has 1 saturated heterocycles. The van der Waals surface area contributed by atoms with Crippen LogP contribution in [0, 0.1) is 11.2 Å². The second kappa shape index (κ2) is 8.80. The van der Waals surface area contributed by atoms with Crippen LogP contribution in [0.25, 0.3) is 0 Å². The zero-order valence-corrected chi connectivity index (χ0v) is 20.2. The third-order valence-electron chi connectivity index (χ3n) is 8.22. The number of nitrogens with zero attached hydrogens (tertiary/aromatic N) is 5. The van der Waals surface area contributed by atoms with E-state index in [-0.39, 0.29) is 35.8 Å². The van der Waals surface area contributed by atoms with Gasteiger partial charge in [0.2, 0.25) is 5.91 Å². The van der Waals surface area contributed by atoms with E-state index in [9.17, 15) is 18.0 Å². The number of halogens is 4. The molecule has 37 heavy (non-hydrogen) atoms. The van der Waals surface area contributed by atoms with Crippen molar-refractivity contribution in [3.05, 3.63) is 47.2 Å². The summed E-state index contributed by atoms with van der Waals surface area (Å²) in [7, 11) is 0. The summed E-state index contributed by atoms with van der Waals surface area (Å²) in [6.07, 6.45) is 3.98. The van der Waals surface area contributed by atoms with Gasteiger partial charge in [0.15, 0.2) is 0 Å². The van der Waals surface area contributed by atoms with Crippen LogP contribution in [0.4, 0.5) is 23.4 Å². The molecule has 0 radical (unpaired) electrons. The smallest absolute Gasteiger partial charge is 0.369 e. The predicted octanol–water partition coefficient (Wildman–Crippen LogP) is 3.67. The second-order valence-corrected chi connectivity index (χ2v) is 10.7. The molecule has 0 bridgehead atoms. The molecule has 2 aliphatic heterocycles. The Hall–Kier alpha value is -2.99. The second-order valence-electron chi connectivity index (χ2n) is 10.7. The van der Waals surface area contributed by atoms with Gasteiger partial charge in [0.05, 0.1) is 18.4 Å². The lowest BCUT2D eigenvalue weighted by molar-refractivity contribution is -0.141. The van der Waals surface area contributed by atoms with Crippen molar-refractivity contribution >= 4 is 18.1 Å². The monoisotopic (exact) mass is 519 g/mol. The molecular formula is C25H29F4N7O. The highest BCUT2D eigenvalue weighted by atomic mass is 19.4. The van der Waals surface area contributed by atoms with Gasteiger partial charge >= 0.3 is 6.18 Å². The van der Waals surface area contributed by atoms with Crippen LogP contribution in [0.1, 0.15) is 61.1 Å². The number of nitrogens with one attached hydrogen (secondary N) is 1. The van der Waals surface area contributed by atoms with Gasteiger partial charge in [0.1, 0.15) is 23.5 Å². The predicted molar refractivity (Wildman–Crippen MR) is 128 cm³/mol. The fourth-order valence-corrected chi connectivity index (χ4v) is 6.00. The molecule has 3 fully saturated rings. The number of carbonyl (C=O) groups is 1. The zero-order chi connectivity index (χ0) is 25.9. The van der Waals surface area contributed by atoms with E-state index in [1.807, 2.05) is 4.57 Å². The fraction of sp³-hybridized carbons (Fsp3) is 0.560. The maximum atomic E-state index is 15.5. The lowest BCUT2D eigenvalue weighted by Gasteiger charge is -2.33. The number of aromatic nitrogens is 2. The molecule has 3 N–H and O–H groups in total. The van der Waals surface area contributed by atoms with E-state index < -0.39 is 18.0 Å². The van der Waals surface area contributed by atoms with Gasteiger partial charge in [-0.25, -0.2) is 4.39 Å². The third kappa shape index (κ3) is 4.61. The van der Waals surface area contributed by atoms with Crippen LogP contribution < -0.4 is 11.1 Å². The first kappa shape index (κ1) is 24.4. The molecule has 2 unspecified atom stereocenters. The molecule has 0 aromatic carbocycles. The van der Waals surface area contributed by atoms with E-state index >= 15 is 4.39 Å². The minimum atomic E-state index is -4.49. The largest absolute Gasteiger partial charge is 0.433 e. The van der Waals surface area contributed by atoms with E-state index in [1.54, 1.807) is 12.5 Å². The molecule has 2 saturated carbocycles. The highest BCUT2D eigenvalue weighted by molar-refractivity contribution is 5.79. The fourth-order valence-electron chi connectivity index (χ4n) is 6.00.